The Kier molecular flexibility index (Phi) is 8.16. The summed E-state index contributed by atoms with van der Waals surface area (Å²) >= 11 is 0. The van der Waals surface area contributed by atoms with E-state index in [4.69, 9.17) is 0 Å². The number of hydrogen-bond acceptors (Lipinski definition) is 0. The second-order valence-electron chi connectivity index (χ2n) is 6.40. The van der Waals surface area contributed by atoms with Crippen molar-refractivity contribution >= 4 is 0 Å². The molecule has 1 rings (SSSR count). The fraction of sp³-hybridized carbons (Fsp3) is 0.524. The van der Waals surface area contributed by atoms with Gasteiger partial charge < -0.3 is 0 Å². The van der Waals surface area contributed by atoms with Crippen molar-refractivity contribution in [3.8, 4) is 0 Å². The van der Waals surface area contributed by atoms with Crippen LogP contribution in [-0.2, 0) is 0 Å². The van der Waals surface area contributed by atoms with Gasteiger partial charge in [0.25, 0.3) is 0 Å². The predicted octanol–water partition coefficient (Wildman–Crippen LogP) is 7.18. The van der Waals surface area contributed by atoms with Gasteiger partial charge in [-0.05, 0) is 76.0 Å². The third-order valence-corrected chi connectivity index (χ3v) is 4.33. The summed E-state index contributed by atoms with van der Waals surface area (Å²) in [4.78, 5) is 0. The van der Waals surface area contributed by atoms with Crippen molar-refractivity contribution in [2.45, 2.75) is 72.6 Å². The van der Waals surface area contributed by atoms with Gasteiger partial charge in [0.05, 0.1) is 0 Å². The Morgan fingerprint density at radius 3 is 2.36 bits per heavy atom. The van der Waals surface area contributed by atoms with Crippen LogP contribution in [0.15, 0.2) is 47.1 Å². The standard InChI is InChI=1S/C21H31F/c1-6-18(20-13-8-9-14-21(20)22)12-10-11-17(5)19(7-2)15-16(3)4/h8-9,13-15,18H,6-7,10-12H2,1-5H3/b19-17+. The molecular weight excluding hydrogens is 271 g/mol. The molecule has 0 spiro atoms. The average Bonchev–Trinajstić information content (AvgIpc) is 2.49. The highest BCUT2D eigenvalue weighted by molar-refractivity contribution is 5.27. The number of hydrogen-bond donors (Lipinski definition) is 0. The molecule has 122 valence electrons. The van der Waals surface area contributed by atoms with Gasteiger partial charge in [-0.15, -0.1) is 0 Å². The van der Waals surface area contributed by atoms with E-state index in [-0.39, 0.29) is 5.82 Å². The van der Waals surface area contributed by atoms with Gasteiger partial charge in [-0.3, -0.25) is 0 Å². The normalized spacial score (nSPS) is 13.5. The molecule has 0 N–H and O–H groups in total. The van der Waals surface area contributed by atoms with Crippen LogP contribution in [0.2, 0.25) is 0 Å². The molecule has 0 aromatic heterocycles. The average molecular weight is 302 g/mol. The van der Waals surface area contributed by atoms with Gasteiger partial charge in [-0.1, -0.05) is 49.3 Å². The molecule has 0 heterocycles. The molecule has 0 saturated heterocycles. The Morgan fingerprint density at radius 2 is 1.82 bits per heavy atom. The van der Waals surface area contributed by atoms with E-state index < -0.39 is 0 Å². The Balaban J connectivity index is 2.67. The first-order valence-corrected chi connectivity index (χ1v) is 8.57. The Morgan fingerprint density at radius 1 is 1.14 bits per heavy atom. The maximum atomic E-state index is 13.9. The van der Waals surface area contributed by atoms with Gasteiger partial charge in [0, 0.05) is 0 Å². The van der Waals surface area contributed by atoms with Crippen LogP contribution in [0.25, 0.3) is 0 Å². The van der Waals surface area contributed by atoms with E-state index in [0.717, 1.165) is 37.7 Å². The summed E-state index contributed by atoms with van der Waals surface area (Å²) in [6.45, 7) is 10.9. The smallest absolute Gasteiger partial charge is 0.126 e. The molecule has 1 unspecified atom stereocenters. The van der Waals surface area contributed by atoms with Gasteiger partial charge in [-0.2, -0.15) is 0 Å². The monoisotopic (exact) mass is 302 g/mol. The van der Waals surface area contributed by atoms with E-state index in [1.165, 1.54) is 16.7 Å². The van der Waals surface area contributed by atoms with E-state index >= 15 is 0 Å². The minimum absolute atomic E-state index is 0.0552. The van der Waals surface area contributed by atoms with Crippen molar-refractivity contribution in [2.75, 3.05) is 0 Å². The van der Waals surface area contributed by atoms with E-state index in [1.54, 1.807) is 12.1 Å². The zero-order valence-electron chi connectivity index (χ0n) is 14.9. The molecule has 0 fully saturated rings. The quantitative estimate of drug-likeness (QED) is 0.446. The van der Waals surface area contributed by atoms with Crippen molar-refractivity contribution in [1.29, 1.82) is 0 Å². The fourth-order valence-electron chi connectivity index (χ4n) is 3.04. The third-order valence-electron chi connectivity index (χ3n) is 4.33. The first-order chi connectivity index (χ1) is 10.5. The van der Waals surface area contributed by atoms with Gasteiger partial charge in [-0.25, -0.2) is 4.39 Å². The van der Waals surface area contributed by atoms with Crippen LogP contribution in [0.3, 0.4) is 0 Å². The van der Waals surface area contributed by atoms with E-state index in [2.05, 4.69) is 40.7 Å². The molecule has 0 bridgehead atoms. The Hall–Kier alpha value is -1.37. The zero-order valence-corrected chi connectivity index (χ0v) is 14.9. The Bertz CT molecular complexity index is 518. The number of halogens is 1. The molecule has 0 nitrogen and oxygen atoms in total. The van der Waals surface area contributed by atoms with Crippen molar-refractivity contribution in [1.82, 2.24) is 0 Å². The van der Waals surface area contributed by atoms with Crippen LogP contribution >= 0.6 is 0 Å². The molecule has 0 amide bonds. The van der Waals surface area contributed by atoms with Gasteiger partial charge in [0.1, 0.15) is 5.82 Å². The molecule has 0 radical (unpaired) electrons. The highest BCUT2D eigenvalue weighted by atomic mass is 19.1. The minimum Gasteiger partial charge on any atom is -0.207 e. The first kappa shape index (κ1) is 18.7. The number of rotatable bonds is 8. The summed E-state index contributed by atoms with van der Waals surface area (Å²) in [7, 11) is 0. The summed E-state index contributed by atoms with van der Waals surface area (Å²) in [5.74, 6) is 0.280. The molecular formula is C21H31F. The number of allylic oxidation sites excluding steroid dienone is 4. The first-order valence-electron chi connectivity index (χ1n) is 8.57. The van der Waals surface area contributed by atoms with Crippen LogP contribution in [-0.4, -0.2) is 0 Å². The molecule has 0 aliphatic heterocycles. The second-order valence-corrected chi connectivity index (χ2v) is 6.40. The lowest BCUT2D eigenvalue weighted by molar-refractivity contribution is 0.529. The fourth-order valence-corrected chi connectivity index (χ4v) is 3.04. The van der Waals surface area contributed by atoms with Crippen LogP contribution in [0.5, 0.6) is 0 Å². The molecule has 22 heavy (non-hydrogen) atoms. The van der Waals surface area contributed by atoms with Gasteiger partial charge >= 0.3 is 0 Å². The van der Waals surface area contributed by atoms with Gasteiger partial charge in [0.2, 0.25) is 0 Å². The molecule has 0 aliphatic rings. The summed E-state index contributed by atoms with van der Waals surface area (Å²) in [5, 5.41) is 0. The molecule has 1 heteroatoms. The molecule has 0 saturated carbocycles. The van der Waals surface area contributed by atoms with Crippen LogP contribution in [0.4, 0.5) is 4.39 Å². The van der Waals surface area contributed by atoms with Crippen molar-refractivity contribution in [3.05, 3.63) is 58.4 Å². The lowest BCUT2D eigenvalue weighted by Crippen LogP contribution is -2.01. The van der Waals surface area contributed by atoms with Crippen molar-refractivity contribution in [3.63, 3.8) is 0 Å². The summed E-state index contributed by atoms with van der Waals surface area (Å²) < 4.78 is 13.9. The van der Waals surface area contributed by atoms with Crippen molar-refractivity contribution in [2.24, 2.45) is 0 Å². The zero-order chi connectivity index (χ0) is 16.5. The van der Waals surface area contributed by atoms with Crippen LogP contribution in [0, 0.1) is 5.82 Å². The van der Waals surface area contributed by atoms with Crippen LogP contribution in [0.1, 0.15) is 78.2 Å². The highest BCUT2D eigenvalue weighted by Crippen LogP contribution is 2.29. The summed E-state index contributed by atoms with van der Waals surface area (Å²) in [6.07, 6.45) is 7.67. The number of benzene rings is 1. The van der Waals surface area contributed by atoms with E-state index in [9.17, 15) is 4.39 Å². The summed E-state index contributed by atoms with van der Waals surface area (Å²) in [6, 6.07) is 7.22. The van der Waals surface area contributed by atoms with E-state index in [1.807, 2.05) is 12.1 Å². The van der Waals surface area contributed by atoms with E-state index in [0.29, 0.717) is 5.92 Å². The molecule has 1 aromatic rings. The topological polar surface area (TPSA) is 0 Å². The minimum atomic E-state index is -0.0552. The van der Waals surface area contributed by atoms with Crippen LogP contribution < -0.4 is 0 Å². The second kappa shape index (κ2) is 9.61. The van der Waals surface area contributed by atoms with Crippen molar-refractivity contribution < 1.29 is 4.39 Å². The van der Waals surface area contributed by atoms with Gasteiger partial charge in [0.15, 0.2) is 0 Å². The lowest BCUT2D eigenvalue weighted by atomic mass is 9.89. The highest BCUT2D eigenvalue weighted by Gasteiger charge is 2.13. The Labute approximate surface area is 136 Å². The maximum absolute atomic E-state index is 13.9. The molecule has 0 aliphatic carbocycles. The third kappa shape index (κ3) is 5.79. The molecule has 1 atom stereocenters. The SMILES string of the molecule is CC/C(C=C(C)C)=C(/C)CCCC(CC)c1ccccc1F. The summed E-state index contributed by atoms with van der Waals surface area (Å²) in [5.41, 5.74) is 5.17. The maximum Gasteiger partial charge on any atom is 0.126 e. The predicted molar refractivity (Wildman–Crippen MR) is 95.7 cm³/mol. The largest absolute Gasteiger partial charge is 0.207 e. The lowest BCUT2D eigenvalue weighted by Gasteiger charge is -2.16. The molecule has 1 aromatic carbocycles.